The summed E-state index contributed by atoms with van der Waals surface area (Å²) >= 11 is 0. The zero-order valence-electron chi connectivity index (χ0n) is 12.7. The number of nitrogens with one attached hydrogen (secondary N) is 1. The lowest BCUT2D eigenvalue weighted by molar-refractivity contribution is -0.00990. The van der Waals surface area contributed by atoms with Gasteiger partial charge in [0.1, 0.15) is 0 Å². The first-order chi connectivity index (χ1) is 8.89. The van der Waals surface area contributed by atoms with Crippen LogP contribution in [-0.2, 0) is 4.74 Å². The van der Waals surface area contributed by atoms with E-state index < -0.39 is 11.7 Å². The molecule has 0 bridgehead atoms. The third-order valence-corrected chi connectivity index (χ3v) is 3.56. The zero-order chi connectivity index (χ0) is 14.3. The Balaban J connectivity index is 2.07. The number of ether oxygens (including phenoxy) is 1. The van der Waals surface area contributed by atoms with Crippen molar-refractivity contribution in [1.29, 1.82) is 0 Å². The molecule has 0 aromatic rings. The van der Waals surface area contributed by atoms with Crippen molar-refractivity contribution in [3.63, 3.8) is 0 Å². The van der Waals surface area contributed by atoms with Gasteiger partial charge in [-0.3, -0.25) is 0 Å². The first kappa shape index (κ1) is 16.9. The van der Waals surface area contributed by atoms with E-state index >= 15 is 0 Å². The molecule has 0 heterocycles. The molecule has 0 amide bonds. The lowest BCUT2D eigenvalue weighted by atomic mass is 9.94. The van der Waals surface area contributed by atoms with E-state index in [0.29, 0.717) is 31.7 Å². The fourth-order valence-corrected chi connectivity index (χ4v) is 2.82. The van der Waals surface area contributed by atoms with E-state index in [2.05, 4.69) is 19.2 Å². The monoisotopic (exact) mass is 273 g/mol. The molecule has 2 atom stereocenters. The molecule has 0 aromatic heterocycles. The molecule has 1 saturated carbocycles. The Morgan fingerprint density at radius 2 is 1.95 bits per heavy atom. The predicted molar refractivity (Wildman–Crippen MR) is 77.2 cm³/mol. The van der Waals surface area contributed by atoms with Crippen molar-refractivity contribution in [2.45, 2.75) is 70.7 Å². The smallest absolute Gasteiger partial charge is 0.0897 e. The van der Waals surface area contributed by atoms with E-state index in [1.165, 1.54) is 12.8 Å². The molecule has 4 heteroatoms. The van der Waals surface area contributed by atoms with Gasteiger partial charge in [-0.2, -0.15) is 0 Å². The maximum absolute atomic E-state index is 10.1. The molecule has 19 heavy (non-hydrogen) atoms. The van der Waals surface area contributed by atoms with Gasteiger partial charge in [0.25, 0.3) is 0 Å². The molecule has 1 fully saturated rings. The van der Waals surface area contributed by atoms with Crippen LogP contribution < -0.4 is 5.32 Å². The van der Waals surface area contributed by atoms with E-state index in [9.17, 15) is 10.2 Å². The fraction of sp³-hybridized carbons (Fsp3) is 1.00. The van der Waals surface area contributed by atoms with E-state index in [4.69, 9.17) is 4.74 Å². The number of rotatable bonds is 9. The van der Waals surface area contributed by atoms with Crippen molar-refractivity contribution in [3.05, 3.63) is 0 Å². The van der Waals surface area contributed by atoms with Crippen LogP contribution in [0.4, 0.5) is 0 Å². The molecule has 3 N–H and O–H groups in total. The van der Waals surface area contributed by atoms with Crippen LogP contribution >= 0.6 is 0 Å². The first-order valence-electron chi connectivity index (χ1n) is 7.62. The van der Waals surface area contributed by atoms with Crippen molar-refractivity contribution in [2.24, 2.45) is 5.92 Å². The van der Waals surface area contributed by atoms with E-state index in [1.807, 2.05) is 6.92 Å². The number of hydrogen-bond donors (Lipinski definition) is 3. The molecule has 0 spiro atoms. The number of hydrogen-bond acceptors (Lipinski definition) is 4. The lowest BCUT2D eigenvalue weighted by Gasteiger charge is -2.26. The van der Waals surface area contributed by atoms with Gasteiger partial charge < -0.3 is 20.3 Å². The Morgan fingerprint density at radius 1 is 1.32 bits per heavy atom. The van der Waals surface area contributed by atoms with Gasteiger partial charge in [-0.05, 0) is 32.1 Å². The minimum Gasteiger partial charge on any atom is -0.389 e. The van der Waals surface area contributed by atoms with Crippen LogP contribution in [0.2, 0.25) is 0 Å². The Morgan fingerprint density at radius 3 is 2.53 bits per heavy atom. The summed E-state index contributed by atoms with van der Waals surface area (Å²) in [6.07, 6.45) is 5.36. The number of aliphatic hydroxyl groups is 2. The average Bonchev–Trinajstić information content (AvgIpc) is 2.76. The maximum Gasteiger partial charge on any atom is 0.0897 e. The Bertz CT molecular complexity index is 238. The van der Waals surface area contributed by atoms with Crippen LogP contribution in [0.3, 0.4) is 0 Å². The van der Waals surface area contributed by atoms with Gasteiger partial charge in [-0.15, -0.1) is 0 Å². The molecule has 2 unspecified atom stereocenters. The summed E-state index contributed by atoms with van der Waals surface area (Å²) in [4.78, 5) is 0. The second-order valence-electron chi connectivity index (χ2n) is 6.62. The summed E-state index contributed by atoms with van der Waals surface area (Å²) in [7, 11) is 0. The highest BCUT2D eigenvalue weighted by atomic mass is 16.5. The Labute approximate surface area is 117 Å². The van der Waals surface area contributed by atoms with Gasteiger partial charge in [0.2, 0.25) is 0 Å². The topological polar surface area (TPSA) is 61.7 Å². The van der Waals surface area contributed by atoms with Crippen LogP contribution in [0.25, 0.3) is 0 Å². The second-order valence-corrected chi connectivity index (χ2v) is 6.62. The average molecular weight is 273 g/mol. The standard InChI is InChI=1S/C15H31NO3/c1-12(2)8-15(3,18)11-16-9-13(17)10-19-14-6-4-5-7-14/h12-14,16-18H,4-11H2,1-3H3. The third-order valence-electron chi connectivity index (χ3n) is 3.56. The van der Waals surface area contributed by atoms with E-state index in [0.717, 1.165) is 19.3 Å². The van der Waals surface area contributed by atoms with E-state index in [1.54, 1.807) is 0 Å². The minimum atomic E-state index is -0.708. The van der Waals surface area contributed by atoms with Crippen molar-refractivity contribution in [2.75, 3.05) is 19.7 Å². The van der Waals surface area contributed by atoms with Gasteiger partial charge >= 0.3 is 0 Å². The summed E-state index contributed by atoms with van der Waals surface area (Å²) in [6.45, 7) is 7.40. The maximum atomic E-state index is 10.1. The summed E-state index contributed by atoms with van der Waals surface area (Å²) in [5.41, 5.74) is -0.708. The third kappa shape index (κ3) is 7.88. The zero-order valence-corrected chi connectivity index (χ0v) is 12.7. The van der Waals surface area contributed by atoms with Crippen molar-refractivity contribution >= 4 is 0 Å². The molecule has 0 radical (unpaired) electrons. The lowest BCUT2D eigenvalue weighted by Crippen LogP contribution is -2.42. The summed E-state index contributed by atoms with van der Waals surface area (Å²) in [6, 6.07) is 0. The molecule has 1 rings (SSSR count). The van der Waals surface area contributed by atoms with Crippen molar-refractivity contribution < 1.29 is 14.9 Å². The Kier molecular flexibility index (Phi) is 7.29. The molecule has 114 valence electrons. The van der Waals surface area contributed by atoms with Gasteiger partial charge in [0, 0.05) is 13.1 Å². The number of aliphatic hydroxyl groups excluding tert-OH is 1. The molecule has 4 nitrogen and oxygen atoms in total. The van der Waals surface area contributed by atoms with Crippen LogP contribution in [0.15, 0.2) is 0 Å². The van der Waals surface area contributed by atoms with E-state index in [-0.39, 0.29) is 0 Å². The van der Waals surface area contributed by atoms with Gasteiger partial charge in [-0.1, -0.05) is 26.7 Å². The summed E-state index contributed by atoms with van der Waals surface area (Å²) in [5, 5.41) is 23.1. The summed E-state index contributed by atoms with van der Waals surface area (Å²) in [5.74, 6) is 0.465. The normalized spacial score (nSPS) is 21.8. The summed E-state index contributed by atoms with van der Waals surface area (Å²) < 4.78 is 5.66. The van der Waals surface area contributed by atoms with Crippen LogP contribution in [0, 0.1) is 5.92 Å². The van der Waals surface area contributed by atoms with Crippen molar-refractivity contribution in [3.8, 4) is 0 Å². The highest BCUT2D eigenvalue weighted by molar-refractivity contribution is 4.77. The molecular weight excluding hydrogens is 242 g/mol. The van der Waals surface area contributed by atoms with Crippen molar-refractivity contribution in [1.82, 2.24) is 5.32 Å². The highest BCUT2D eigenvalue weighted by Gasteiger charge is 2.22. The molecule has 0 aliphatic heterocycles. The first-order valence-corrected chi connectivity index (χ1v) is 7.62. The van der Waals surface area contributed by atoms with Gasteiger partial charge in [-0.25, -0.2) is 0 Å². The highest BCUT2D eigenvalue weighted by Crippen LogP contribution is 2.20. The SMILES string of the molecule is CC(C)CC(C)(O)CNCC(O)COC1CCCC1. The minimum absolute atomic E-state index is 0.346. The Hall–Kier alpha value is -0.160. The van der Waals surface area contributed by atoms with Crippen LogP contribution in [0.1, 0.15) is 52.9 Å². The quantitative estimate of drug-likeness (QED) is 0.598. The second kappa shape index (κ2) is 8.20. The molecule has 1 aliphatic rings. The molecular formula is C15H31NO3. The molecule has 1 aliphatic carbocycles. The molecule has 0 aromatic carbocycles. The van der Waals surface area contributed by atoms with Crippen LogP contribution in [0.5, 0.6) is 0 Å². The van der Waals surface area contributed by atoms with Gasteiger partial charge in [0.05, 0.1) is 24.4 Å². The fourth-order valence-electron chi connectivity index (χ4n) is 2.82. The predicted octanol–water partition coefficient (Wildman–Crippen LogP) is 1.69. The largest absolute Gasteiger partial charge is 0.389 e. The van der Waals surface area contributed by atoms with Gasteiger partial charge in [0.15, 0.2) is 0 Å². The molecule has 0 saturated heterocycles. The van der Waals surface area contributed by atoms with Crippen LogP contribution in [-0.4, -0.2) is 47.7 Å².